The van der Waals surface area contributed by atoms with Gasteiger partial charge in [0, 0.05) is 29.8 Å². The molecule has 3 fully saturated rings. The van der Waals surface area contributed by atoms with E-state index in [1.54, 1.807) is 12.2 Å². The highest BCUT2D eigenvalue weighted by atomic mass is 16.5. The predicted octanol–water partition coefficient (Wildman–Crippen LogP) is 4.19. The van der Waals surface area contributed by atoms with Crippen molar-refractivity contribution in [1.29, 1.82) is 0 Å². The summed E-state index contributed by atoms with van der Waals surface area (Å²) < 4.78 is 0. The van der Waals surface area contributed by atoms with Gasteiger partial charge < -0.3 is 15.4 Å². The van der Waals surface area contributed by atoms with Gasteiger partial charge >= 0.3 is 0 Å². The van der Waals surface area contributed by atoms with E-state index in [4.69, 9.17) is 0 Å². The number of aliphatic hydroxyl groups excluding tert-OH is 2. The largest absolute Gasteiger partial charge is 0.392 e. The van der Waals surface area contributed by atoms with Gasteiger partial charge in [-0.1, -0.05) is 53.2 Å². The zero-order valence-electron chi connectivity index (χ0n) is 22.4. The van der Waals surface area contributed by atoms with Gasteiger partial charge in [-0.25, -0.2) is 0 Å². The zero-order chi connectivity index (χ0) is 26.0. The lowest BCUT2D eigenvalue weighted by atomic mass is 9.40. The van der Waals surface area contributed by atoms with Gasteiger partial charge in [0.05, 0.1) is 6.10 Å². The van der Waals surface area contributed by atoms with Crippen molar-refractivity contribution in [2.75, 3.05) is 19.7 Å². The Balaban J connectivity index is 1.67. The lowest BCUT2D eigenvalue weighted by Gasteiger charge is -2.65. The summed E-state index contributed by atoms with van der Waals surface area (Å²) in [4.78, 5) is 25.3. The molecule has 4 aliphatic rings. The molecular formula is C29H45NO5. The van der Waals surface area contributed by atoms with E-state index in [1.807, 2.05) is 6.08 Å². The van der Waals surface area contributed by atoms with E-state index in [0.717, 1.165) is 31.3 Å². The van der Waals surface area contributed by atoms with Gasteiger partial charge in [0.2, 0.25) is 0 Å². The number of ketones is 2. The molecule has 35 heavy (non-hydrogen) atoms. The number of carbonyl (C=O) groups is 2. The molecule has 8 atom stereocenters. The second kappa shape index (κ2) is 8.90. The maximum atomic E-state index is 13.2. The first-order valence-electron chi connectivity index (χ1n) is 13.4. The molecule has 8 unspecified atom stereocenters. The van der Waals surface area contributed by atoms with E-state index in [1.165, 1.54) is 5.06 Å². The van der Waals surface area contributed by atoms with Gasteiger partial charge in [0.1, 0.15) is 6.61 Å². The Morgan fingerprint density at radius 2 is 1.89 bits per heavy atom. The highest BCUT2D eigenvalue weighted by molar-refractivity contribution is 6.01. The number of hydrogen-bond acceptors (Lipinski definition) is 6. The lowest BCUT2D eigenvalue weighted by Crippen LogP contribution is -2.63. The van der Waals surface area contributed by atoms with Crippen LogP contribution in [-0.2, 0) is 9.59 Å². The third-order valence-corrected chi connectivity index (χ3v) is 10.6. The number of hydrogen-bond donors (Lipinski definition) is 3. The number of fused-ring (bicyclic) bond motifs is 5. The van der Waals surface area contributed by atoms with Crippen LogP contribution in [0.3, 0.4) is 0 Å². The number of Topliss-reactive ketones (excluding diaryl/α,β-unsaturated/α-hetero) is 1. The fourth-order valence-corrected chi connectivity index (χ4v) is 8.56. The van der Waals surface area contributed by atoms with Crippen molar-refractivity contribution in [3.63, 3.8) is 0 Å². The van der Waals surface area contributed by atoms with E-state index in [2.05, 4.69) is 41.5 Å². The summed E-state index contributed by atoms with van der Waals surface area (Å²) >= 11 is 0. The van der Waals surface area contributed by atoms with Crippen LogP contribution < -0.4 is 0 Å². The molecule has 196 valence electrons. The first kappa shape index (κ1) is 26.7. The molecule has 0 radical (unpaired) electrons. The zero-order valence-corrected chi connectivity index (χ0v) is 22.4. The molecule has 0 amide bonds. The molecule has 6 nitrogen and oxygen atoms in total. The quantitative estimate of drug-likeness (QED) is 0.486. The van der Waals surface area contributed by atoms with Crippen LogP contribution in [0.2, 0.25) is 0 Å². The van der Waals surface area contributed by atoms with Crippen LogP contribution >= 0.6 is 0 Å². The summed E-state index contributed by atoms with van der Waals surface area (Å²) in [7, 11) is 0. The van der Waals surface area contributed by atoms with Gasteiger partial charge in [-0.15, -0.1) is 0 Å². The van der Waals surface area contributed by atoms with Crippen molar-refractivity contribution in [1.82, 2.24) is 5.06 Å². The van der Waals surface area contributed by atoms with E-state index in [9.17, 15) is 25.0 Å². The van der Waals surface area contributed by atoms with Crippen LogP contribution in [-0.4, -0.2) is 57.9 Å². The van der Waals surface area contributed by atoms with Crippen molar-refractivity contribution in [3.8, 4) is 0 Å². The number of hydroxylamine groups is 2. The summed E-state index contributed by atoms with van der Waals surface area (Å²) in [6.45, 7) is 13.3. The van der Waals surface area contributed by atoms with Crippen LogP contribution in [0.1, 0.15) is 73.6 Å². The van der Waals surface area contributed by atoms with Gasteiger partial charge in [-0.05, 0) is 72.8 Å². The molecule has 0 spiro atoms. The second-order valence-electron chi connectivity index (χ2n) is 13.7. The maximum Gasteiger partial charge on any atom is 0.178 e. The van der Waals surface area contributed by atoms with Crippen molar-refractivity contribution in [3.05, 3.63) is 23.8 Å². The van der Waals surface area contributed by atoms with Gasteiger partial charge in [-0.3, -0.25) is 9.59 Å². The number of rotatable bonds is 6. The Bertz CT molecular complexity index is 934. The van der Waals surface area contributed by atoms with Crippen molar-refractivity contribution < 1.29 is 25.0 Å². The SMILES string of the molecule is CC(C)(C)CCN(O)CC1CC2C3CCC4=CC(=O)C=CC4(C)C3(C)C(O)CC2(C)C1C(=O)CO. The van der Waals surface area contributed by atoms with Crippen molar-refractivity contribution in [2.24, 2.45) is 45.3 Å². The summed E-state index contributed by atoms with van der Waals surface area (Å²) in [5, 5.41) is 33.8. The van der Waals surface area contributed by atoms with Gasteiger partial charge in [0.15, 0.2) is 11.6 Å². The Morgan fingerprint density at radius 3 is 2.51 bits per heavy atom. The van der Waals surface area contributed by atoms with Crippen LogP contribution in [0.4, 0.5) is 0 Å². The smallest absolute Gasteiger partial charge is 0.178 e. The van der Waals surface area contributed by atoms with Gasteiger partial charge in [-0.2, -0.15) is 5.06 Å². The summed E-state index contributed by atoms with van der Waals surface area (Å²) in [5.41, 5.74) is -0.0987. The van der Waals surface area contributed by atoms with E-state index >= 15 is 0 Å². The molecule has 4 aliphatic carbocycles. The van der Waals surface area contributed by atoms with Gasteiger partial charge in [0.25, 0.3) is 0 Å². The highest BCUT2D eigenvalue weighted by Crippen LogP contribution is 2.71. The normalized spacial score (nSPS) is 43.0. The third kappa shape index (κ3) is 4.18. The minimum Gasteiger partial charge on any atom is -0.392 e. The number of nitrogens with zero attached hydrogens (tertiary/aromatic N) is 1. The molecule has 3 saturated carbocycles. The minimum absolute atomic E-state index is 0.0162. The number of allylic oxidation sites excluding steroid dienone is 4. The topological polar surface area (TPSA) is 98.1 Å². The molecule has 0 bridgehead atoms. The number of carbonyl (C=O) groups excluding carboxylic acids is 2. The average molecular weight is 488 g/mol. The molecule has 0 saturated heterocycles. The van der Waals surface area contributed by atoms with Crippen molar-refractivity contribution >= 4 is 11.6 Å². The molecular weight excluding hydrogens is 442 g/mol. The van der Waals surface area contributed by atoms with Crippen LogP contribution in [0, 0.1) is 45.3 Å². The summed E-state index contributed by atoms with van der Waals surface area (Å²) in [5.74, 6) is -0.251. The molecule has 0 aromatic carbocycles. The molecule has 0 heterocycles. The molecule has 3 N–H and O–H groups in total. The first-order valence-corrected chi connectivity index (χ1v) is 13.4. The van der Waals surface area contributed by atoms with Crippen LogP contribution in [0.5, 0.6) is 0 Å². The van der Waals surface area contributed by atoms with Crippen molar-refractivity contribution in [2.45, 2.75) is 79.8 Å². The Hall–Kier alpha value is -1.34. The molecule has 6 heteroatoms. The first-order chi connectivity index (χ1) is 16.2. The van der Waals surface area contributed by atoms with E-state index < -0.39 is 34.9 Å². The number of aliphatic hydroxyl groups is 2. The molecule has 4 rings (SSSR count). The Labute approximate surface area is 210 Å². The monoisotopic (exact) mass is 487 g/mol. The van der Waals surface area contributed by atoms with E-state index in [-0.39, 0.29) is 34.7 Å². The standard InChI is InChI=1S/C29H45NO5/c1-26(2,3)11-12-30(35)16-18-13-22-21-8-7-19-14-20(32)9-10-28(19,5)29(21,6)24(34)15-27(22,4)25(18)23(33)17-31/h9-10,14,18,21-22,24-25,31,34-35H,7-8,11-13,15-17H2,1-6H3. The van der Waals surface area contributed by atoms with E-state index in [0.29, 0.717) is 19.5 Å². The molecule has 0 aromatic heterocycles. The Kier molecular flexibility index (Phi) is 6.79. The highest BCUT2D eigenvalue weighted by Gasteiger charge is 2.69. The van der Waals surface area contributed by atoms with Crippen LogP contribution in [0.25, 0.3) is 0 Å². The predicted molar refractivity (Wildman–Crippen MR) is 135 cm³/mol. The summed E-state index contributed by atoms with van der Waals surface area (Å²) in [6, 6.07) is 0. The average Bonchev–Trinajstić information content (AvgIpc) is 3.04. The fourth-order valence-electron chi connectivity index (χ4n) is 8.56. The summed E-state index contributed by atoms with van der Waals surface area (Å²) in [6.07, 6.45) is 8.57. The minimum atomic E-state index is -0.640. The molecule has 0 aromatic rings. The Morgan fingerprint density at radius 1 is 1.20 bits per heavy atom. The molecule has 0 aliphatic heterocycles. The van der Waals surface area contributed by atoms with Crippen LogP contribution in [0.15, 0.2) is 23.8 Å². The lowest BCUT2D eigenvalue weighted by molar-refractivity contribution is -0.178. The second-order valence-corrected chi connectivity index (χ2v) is 13.7. The third-order valence-electron chi connectivity index (χ3n) is 10.6. The fraction of sp³-hybridized carbons (Fsp3) is 0.793. The maximum absolute atomic E-state index is 13.2.